The SMILES string of the molecule is COc1ccc(S(=O)(=O)NCCN(C(C)=O)C2CCCC2)c(C)c1. The fraction of sp³-hybridized carbons (Fsp3) is 0.588. The first-order valence-electron chi connectivity index (χ1n) is 8.26. The number of nitrogens with one attached hydrogen (secondary N) is 1. The van der Waals surface area contributed by atoms with Crippen molar-refractivity contribution in [1.82, 2.24) is 9.62 Å². The Bertz CT molecular complexity index is 682. The van der Waals surface area contributed by atoms with Crippen molar-refractivity contribution in [3.05, 3.63) is 23.8 Å². The molecule has 0 heterocycles. The summed E-state index contributed by atoms with van der Waals surface area (Å²) in [6, 6.07) is 5.10. The van der Waals surface area contributed by atoms with E-state index < -0.39 is 10.0 Å². The van der Waals surface area contributed by atoms with Gasteiger partial charge in [0.2, 0.25) is 15.9 Å². The summed E-state index contributed by atoms with van der Waals surface area (Å²) in [4.78, 5) is 13.8. The minimum Gasteiger partial charge on any atom is -0.497 e. The van der Waals surface area contributed by atoms with Crippen molar-refractivity contribution < 1.29 is 17.9 Å². The Hall–Kier alpha value is -1.60. The zero-order valence-electron chi connectivity index (χ0n) is 14.5. The third-order valence-corrected chi connectivity index (χ3v) is 6.11. The van der Waals surface area contributed by atoms with Gasteiger partial charge in [0.15, 0.2) is 0 Å². The van der Waals surface area contributed by atoms with E-state index in [1.165, 1.54) is 6.07 Å². The highest BCUT2D eigenvalue weighted by Crippen LogP contribution is 2.23. The third kappa shape index (κ3) is 4.48. The Morgan fingerprint density at radius 3 is 2.54 bits per heavy atom. The molecule has 1 aromatic carbocycles. The van der Waals surface area contributed by atoms with Gasteiger partial charge in [0.05, 0.1) is 12.0 Å². The summed E-state index contributed by atoms with van der Waals surface area (Å²) < 4.78 is 32.6. The second-order valence-corrected chi connectivity index (χ2v) is 7.92. The van der Waals surface area contributed by atoms with Crippen LogP contribution in [0, 0.1) is 6.92 Å². The fourth-order valence-corrected chi connectivity index (χ4v) is 4.49. The monoisotopic (exact) mass is 354 g/mol. The highest BCUT2D eigenvalue weighted by molar-refractivity contribution is 7.89. The number of rotatable bonds is 7. The van der Waals surface area contributed by atoms with E-state index in [0.717, 1.165) is 25.7 Å². The topological polar surface area (TPSA) is 75.7 Å². The number of hydrogen-bond donors (Lipinski definition) is 1. The number of methoxy groups -OCH3 is 1. The summed E-state index contributed by atoms with van der Waals surface area (Å²) in [5, 5.41) is 0. The second-order valence-electron chi connectivity index (χ2n) is 6.18. The molecule has 1 amide bonds. The lowest BCUT2D eigenvalue weighted by Gasteiger charge is -2.28. The number of aryl methyl sites for hydroxylation is 1. The molecule has 0 saturated heterocycles. The summed E-state index contributed by atoms with van der Waals surface area (Å²) in [5.41, 5.74) is 0.626. The molecule has 7 heteroatoms. The molecular formula is C17H26N2O4S. The minimum atomic E-state index is -3.60. The van der Waals surface area contributed by atoms with Gasteiger partial charge in [0.25, 0.3) is 0 Å². The molecule has 0 aromatic heterocycles. The van der Waals surface area contributed by atoms with Crippen LogP contribution in [-0.4, -0.2) is 45.5 Å². The molecule has 1 aliphatic carbocycles. The van der Waals surface area contributed by atoms with Crippen LogP contribution in [-0.2, 0) is 14.8 Å². The van der Waals surface area contributed by atoms with Crippen molar-refractivity contribution in [1.29, 1.82) is 0 Å². The van der Waals surface area contributed by atoms with Crippen LogP contribution in [0.4, 0.5) is 0 Å². The number of carbonyl (C=O) groups excluding carboxylic acids is 1. The zero-order chi connectivity index (χ0) is 17.7. The van der Waals surface area contributed by atoms with Crippen molar-refractivity contribution in [3.63, 3.8) is 0 Å². The van der Waals surface area contributed by atoms with Gasteiger partial charge in [-0.25, -0.2) is 13.1 Å². The van der Waals surface area contributed by atoms with E-state index >= 15 is 0 Å². The van der Waals surface area contributed by atoms with Crippen LogP contribution in [0.3, 0.4) is 0 Å². The van der Waals surface area contributed by atoms with E-state index in [1.54, 1.807) is 38.0 Å². The van der Waals surface area contributed by atoms with E-state index in [1.807, 2.05) is 0 Å². The van der Waals surface area contributed by atoms with Gasteiger partial charge in [0.1, 0.15) is 5.75 Å². The van der Waals surface area contributed by atoms with Gasteiger partial charge in [-0.2, -0.15) is 0 Å². The molecule has 1 N–H and O–H groups in total. The lowest BCUT2D eigenvalue weighted by molar-refractivity contribution is -0.130. The molecule has 1 aliphatic rings. The Morgan fingerprint density at radius 2 is 2.00 bits per heavy atom. The van der Waals surface area contributed by atoms with Gasteiger partial charge < -0.3 is 9.64 Å². The van der Waals surface area contributed by atoms with Gasteiger partial charge in [-0.1, -0.05) is 12.8 Å². The third-order valence-electron chi connectivity index (χ3n) is 4.49. The minimum absolute atomic E-state index is 0.00160. The van der Waals surface area contributed by atoms with Gasteiger partial charge in [-0.3, -0.25) is 4.79 Å². The summed E-state index contributed by atoms with van der Waals surface area (Å²) in [6.45, 7) is 3.89. The molecule has 6 nitrogen and oxygen atoms in total. The zero-order valence-corrected chi connectivity index (χ0v) is 15.4. The first-order chi connectivity index (χ1) is 11.3. The Kier molecular flexibility index (Phi) is 6.23. The largest absolute Gasteiger partial charge is 0.497 e. The van der Waals surface area contributed by atoms with Crippen molar-refractivity contribution in [2.75, 3.05) is 20.2 Å². The predicted molar refractivity (Wildman–Crippen MR) is 92.6 cm³/mol. The van der Waals surface area contributed by atoms with Gasteiger partial charge >= 0.3 is 0 Å². The lowest BCUT2D eigenvalue weighted by atomic mass is 10.2. The lowest BCUT2D eigenvalue weighted by Crippen LogP contribution is -2.42. The van der Waals surface area contributed by atoms with E-state index in [0.29, 0.717) is 17.9 Å². The Labute approximate surface area is 144 Å². The first kappa shape index (κ1) is 18.7. The summed E-state index contributed by atoms with van der Waals surface area (Å²) in [7, 11) is -2.06. The molecule has 2 rings (SSSR count). The predicted octanol–water partition coefficient (Wildman–Crippen LogP) is 2.07. The maximum absolute atomic E-state index is 12.5. The fourth-order valence-electron chi connectivity index (χ4n) is 3.24. The standard InChI is InChI=1S/C17H26N2O4S/c1-13-12-16(23-3)8-9-17(13)24(21,22)18-10-11-19(14(2)20)15-6-4-5-7-15/h8-9,12,15,18H,4-7,10-11H2,1-3H3. The average molecular weight is 354 g/mol. The van der Waals surface area contributed by atoms with Crippen LogP contribution < -0.4 is 9.46 Å². The highest BCUT2D eigenvalue weighted by Gasteiger charge is 2.25. The van der Waals surface area contributed by atoms with Crippen molar-refractivity contribution >= 4 is 15.9 Å². The Morgan fingerprint density at radius 1 is 1.33 bits per heavy atom. The van der Waals surface area contributed by atoms with E-state index in [2.05, 4.69) is 4.72 Å². The van der Waals surface area contributed by atoms with Crippen molar-refractivity contribution in [3.8, 4) is 5.75 Å². The highest BCUT2D eigenvalue weighted by atomic mass is 32.2. The maximum atomic E-state index is 12.5. The van der Waals surface area contributed by atoms with Crippen molar-refractivity contribution in [2.45, 2.75) is 50.5 Å². The normalized spacial score (nSPS) is 15.5. The quantitative estimate of drug-likeness (QED) is 0.813. The molecule has 0 bridgehead atoms. The summed E-state index contributed by atoms with van der Waals surface area (Å²) in [6.07, 6.45) is 4.27. The maximum Gasteiger partial charge on any atom is 0.240 e. The van der Waals surface area contributed by atoms with Crippen LogP contribution in [0.1, 0.15) is 38.2 Å². The van der Waals surface area contributed by atoms with Crippen LogP contribution in [0.15, 0.2) is 23.1 Å². The number of benzene rings is 1. The number of ether oxygens (including phenoxy) is 1. The molecule has 0 spiro atoms. The second kappa shape index (κ2) is 7.98. The number of amides is 1. The molecule has 134 valence electrons. The number of nitrogens with zero attached hydrogens (tertiary/aromatic N) is 1. The smallest absolute Gasteiger partial charge is 0.240 e. The average Bonchev–Trinajstić information content (AvgIpc) is 3.04. The first-order valence-corrected chi connectivity index (χ1v) is 9.75. The molecule has 0 atom stereocenters. The number of carbonyl (C=O) groups is 1. The number of sulfonamides is 1. The van der Waals surface area contributed by atoms with Crippen LogP contribution >= 0.6 is 0 Å². The molecule has 0 radical (unpaired) electrons. The van der Waals surface area contributed by atoms with Gasteiger partial charge in [-0.05, 0) is 43.5 Å². The summed E-state index contributed by atoms with van der Waals surface area (Å²) >= 11 is 0. The van der Waals surface area contributed by atoms with E-state index in [4.69, 9.17) is 4.74 Å². The molecular weight excluding hydrogens is 328 g/mol. The van der Waals surface area contributed by atoms with Crippen LogP contribution in [0.5, 0.6) is 5.75 Å². The molecule has 0 unspecified atom stereocenters. The van der Waals surface area contributed by atoms with Crippen molar-refractivity contribution in [2.24, 2.45) is 0 Å². The van der Waals surface area contributed by atoms with E-state index in [-0.39, 0.29) is 23.4 Å². The van der Waals surface area contributed by atoms with Gasteiger partial charge in [-0.15, -0.1) is 0 Å². The number of hydrogen-bond acceptors (Lipinski definition) is 4. The molecule has 1 saturated carbocycles. The summed E-state index contributed by atoms with van der Waals surface area (Å²) in [5.74, 6) is 0.622. The molecule has 0 aliphatic heterocycles. The Balaban J connectivity index is 2.00. The molecule has 1 fully saturated rings. The molecule has 1 aromatic rings. The van der Waals surface area contributed by atoms with Crippen LogP contribution in [0.2, 0.25) is 0 Å². The molecule has 24 heavy (non-hydrogen) atoms. The van der Waals surface area contributed by atoms with Gasteiger partial charge in [0, 0.05) is 26.1 Å². The van der Waals surface area contributed by atoms with E-state index in [9.17, 15) is 13.2 Å². The van der Waals surface area contributed by atoms with Crippen LogP contribution in [0.25, 0.3) is 0 Å².